The van der Waals surface area contributed by atoms with Gasteiger partial charge in [0.25, 0.3) is 5.91 Å². The molecule has 2 fully saturated rings. The predicted octanol–water partition coefficient (Wildman–Crippen LogP) is 3.24. The van der Waals surface area contributed by atoms with Crippen molar-refractivity contribution in [2.75, 3.05) is 46.0 Å². The average Bonchev–Trinajstić information content (AvgIpc) is 3.46. The van der Waals surface area contributed by atoms with Crippen molar-refractivity contribution in [2.45, 2.75) is 50.3 Å². The maximum absolute atomic E-state index is 14.0. The van der Waals surface area contributed by atoms with E-state index in [1.54, 1.807) is 11.0 Å². The van der Waals surface area contributed by atoms with Crippen LogP contribution in [-0.2, 0) is 14.3 Å². The highest BCUT2D eigenvalue weighted by Crippen LogP contribution is 2.33. The van der Waals surface area contributed by atoms with E-state index in [2.05, 4.69) is 10.2 Å². The Kier molecular flexibility index (Phi) is 8.40. The lowest BCUT2D eigenvalue weighted by Crippen LogP contribution is -2.54. The number of nitrogens with zero attached hydrogens (tertiary/aromatic N) is 2. The van der Waals surface area contributed by atoms with Gasteiger partial charge in [-0.15, -0.1) is 11.3 Å². The largest absolute Gasteiger partial charge is 0.485 e. The normalized spacial score (nSPS) is 21.5. The molecule has 1 aromatic heterocycles. The number of rotatable bonds is 8. The first kappa shape index (κ1) is 25.0. The van der Waals surface area contributed by atoms with E-state index in [1.165, 1.54) is 17.8 Å². The van der Waals surface area contributed by atoms with Crippen molar-refractivity contribution in [1.29, 1.82) is 0 Å². The lowest BCUT2D eigenvalue weighted by atomic mass is 9.95. The summed E-state index contributed by atoms with van der Waals surface area (Å²) in [6, 6.07) is 10.7. The van der Waals surface area contributed by atoms with Crippen LogP contribution in [0.15, 0.2) is 41.8 Å². The Labute approximate surface area is 216 Å². The first-order valence-corrected chi connectivity index (χ1v) is 13.9. The van der Waals surface area contributed by atoms with Crippen LogP contribution in [0.25, 0.3) is 0 Å². The number of ether oxygens (including phenoxy) is 3. The van der Waals surface area contributed by atoms with Gasteiger partial charge in [-0.2, -0.15) is 0 Å². The Balaban J connectivity index is 1.39. The van der Waals surface area contributed by atoms with Crippen LogP contribution in [0.1, 0.15) is 43.0 Å². The van der Waals surface area contributed by atoms with Crippen LogP contribution in [0.3, 0.4) is 0 Å². The Morgan fingerprint density at radius 2 is 1.83 bits per heavy atom. The number of amides is 2. The minimum atomic E-state index is -0.811. The fourth-order valence-corrected chi connectivity index (χ4v) is 6.00. The molecule has 8 nitrogen and oxygen atoms in total. The molecule has 2 atom stereocenters. The minimum absolute atomic E-state index is 0.114. The van der Waals surface area contributed by atoms with Gasteiger partial charge in [-0.25, -0.2) is 0 Å². The van der Waals surface area contributed by atoms with Crippen LogP contribution in [-0.4, -0.2) is 79.8 Å². The molecule has 5 rings (SSSR count). The number of nitrogens with one attached hydrogen (secondary N) is 1. The van der Waals surface area contributed by atoms with Gasteiger partial charge in [0.05, 0.1) is 13.2 Å². The highest BCUT2D eigenvalue weighted by Gasteiger charge is 2.39. The number of morpholine rings is 1. The fraction of sp³-hybridized carbons (Fsp3) is 0.556. The minimum Gasteiger partial charge on any atom is -0.485 e. The van der Waals surface area contributed by atoms with Crippen LogP contribution < -0.4 is 14.8 Å². The maximum Gasteiger partial charge on any atom is 0.268 e. The van der Waals surface area contributed by atoms with E-state index in [0.717, 1.165) is 43.6 Å². The molecule has 1 N–H and O–H groups in total. The van der Waals surface area contributed by atoms with Gasteiger partial charge in [0, 0.05) is 37.1 Å². The molecule has 2 aliphatic heterocycles. The summed E-state index contributed by atoms with van der Waals surface area (Å²) < 4.78 is 17.4. The smallest absolute Gasteiger partial charge is 0.268 e. The zero-order chi connectivity index (χ0) is 24.7. The number of carbonyl (C=O) groups excluding carboxylic acids is 2. The van der Waals surface area contributed by atoms with E-state index in [9.17, 15) is 9.59 Å². The Morgan fingerprint density at radius 1 is 1.06 bits per heavy atom. The highest BCUT2D eigenvalue weighted by atomic mass is 32.1. The second-order valence-electron chi connectivity index (χ2n) is 9.61. The van der Waals surface area contributed by atoms with Crippen LogP contribution in [0.2, 0.25) is 0 Å². The number of hydrogen-bond acceptors (Lipinski definition) is 7. The lowest BCUT2D eigenvalue weighted by molar-refractivity contribution is -0.149. The first-order chi connectivity index (χ1) is 17.7. The van der Waals surface area contributed by atoms with E-state index in [0.29, 0.717) is 37.8 Å². The number of hydrogen-bond donors (Lipinski definition) is 1. The van der Waals surface area contributed by atoms with Crippen LogP contribution in [0.5, 0.6) is 11.5 Å². The topological polar surface area (TPSA) is 80.3 Å². The SMILES string of the molecule is O=C(NC1CCCCC1)C(c1cccs1)N(CCN1CCOCC1)C(=O)C1COc2ccccc2O1. The molecule has 3 heterocycles. The summed E-state index contributed by atoms with van der Waals surface area (Å²) in [7, 11) is 0. The molecular weight excluding hydrogens is 478 g/mol. The molecule has 2 aromatic rings. The number of benzene rings is 1. The van der Waals surface area contributed by atoms with Gasteiger partial charge in [-0.1, -0.05) is 37.5 Å². The zero-order valence-corrected chi connectivity index (χ0v) is 21.4. The summed E-state index contributed by atoms with van der Waals surface area (Å²) in [6.07, 6.45) is 4.63. The van der Waals surface area contributed by atoms with Gasteiger partial charge in [0.15, 0.2) is 11.5 Å². The van der Waals surface area contributed by atoms with Crippen molar-refractivity contribution < 1.29 is 23.8 Å². The standard InChI is InChI=1S/C27H35N3O5S/c31-26(28-20-7-2-1-3-8-20)25(24-11-6-18-36-24)30(13-12-29-14-16-33-17-15-29)27(32)23-19-34-21-9-4-5-10-22(21)35-23/h4-6,9-11,18,20,23,25H,1-3,7-8,12-17,19H2,(H,28,31). The van der Waals surface area contributed by atoms with E-state index in [4.69, 9.17) is 14.2 Å². The Bertz CT molecular complexity index is 1000. The quantitative estimate of drug-likeness (QED) is 0.584. The van der Waals surface area contributed by atoms with Gasteiger partial charge in [-0.05, 0) is 36.4 Å². The molecule has 194 valence electrons. The first-order valence-electron chi connectivity index (χ1n) is 13.0. The summed E-state index contributed by atoms with van der Waals surface area (Å²) in [5.74, 6) is 0.840. The van der Waals surface area contributed by atoms with Crippen molar-refractivity contribution in [1.82, 2.24) is 15.1 Å². The van der Waals surface area contributed by atoms with Crippen molar-refractivity contribution >= 4 is 23.2 Å². The monoisotopic (exact) mass is 513 g/mol. The second kappa shape index (κ2) is 12.1. The van der Waals surface area contributed by atoms with E-state index in [1.807, 2.05) is 35.7 Å². The van der Waals surface area contributed by atoms with E-state index >= 15 is 0 Å². The highest BCUT2D eigenvalue weighted by molar-refractivity contribution is 7.10. The fourth-order valence-electron chi connectivity index (χ4n) is 5.16. The van der Waals surface area contributed by atoms with Gasteiger partial charge in [0.2, 0.25) is 12.0 Å². The van der Waals surface area contributed by atoms with Gasteiger partial charge in [-0.3, -0.25) is 14.5 Å². The predicted molar refractivity (Wildman–Crippen MR) is 137 cm³/mol. The third-order valence-corrected chi connectivity index (χ3v) is 8.08. The Hall–Kier alpha value is -2.62. The molecule has 2 unspecified atom stereocenters. The molecule has 1 saturated carbocycles. The summed E-state index contributed by atoms with van der Waals surface area (Å²) in [4.78, 5) is 32.6. The lowest BCUT2D eigenvalue weighted by Gasteiger charge is -2.37. The molecule has 9 heteroatoms. The summed E-state index contributed by atoms with van der Waals surface area (Å²) in [5.41, 5.74) is 0. The Morgan fingerprint density at radius 3 is 2.58 bits per heavy atom. The number of fused-ring (bicyclic) bond motifs is 1. The molecular formula is C27H35N3O5S. The number of para-hydroxylation sites is 2. The van der Waals surface area contributed by atoms with Crippen molar-refractivity contribution in [3.05, 3.63) is 46.7 Å². The second-order valence-corrected chi connectivity index (χ2v) is 10.6. The maximum atomic E-state index is 14.0. The van der Waals surface area contributed by atoms with Gasteiger partial charge in [0.1, 0.15) is 12.6 Å². The summed E-state index contributed by atoms with van der Waals surface area (Å²) >= 11 is 1.50. The third kappa shape index (κ3) is 6.02. The van der Waals surface area contributed by atoms with Crippen molar-refractivity contribution in [3.63, 3.8) is 0 Å². The molecule has 1 aromatic carbocycles. The molecule has 1 saturated heterocycles. The summed E-state index contributed by atoms with van der Waals surface area (Å²) in [6.45, 7) is 4.19. The van der Waals surface area contributed by atoms with Crippen molar-refractivity contribution in [3.8, 4) is 11.5 Å². The van der Waals surface area contributed by atoms with E-state index < -0.39 is 12.1 Å². The molecule has 0 spiro atoms. The van der Waals surface area contributed by atoms with Crippen molar-refractivity contribution in [2.24, 2.45) is 0 Å². The number of thiophene rings is 1. The van der Waals surface area contributed by atoms with Crippen LogP contribution in [0, 0.1) is 0 Å². The van der Waals surface area contributed by atoms with E-state index in [-0.39, 0.29) is 24.5 Å². The van der Waals surface area contributed by atoms with Gasteiger partial charge < -0.3 is 24.4 Å². The molecule has 0 radical (unpaired) electrons. The third-order valence-electron chi connectivity index (χ3n) is 7.15. The van der Waals surface area contributed by atoms with Crippen LogP contribution in [0.4, 0.5) is 0 Å². The molecule has 2 amide bonds. The molecule has 0 bridgehead atoms. The molecule has 36 heavy (non-hydrogen) atoms. The zero-order valence-electron chi connectivity index (χ0n) is 20.6. The molecule has 3 aliphatic rings. The molecule has 1 aliphatic carbocycles. The van der Waals surface area contributed by atoms with Gasteiger partial charge >= 0.3 is 0 Å². The van der Waals surface area contributed by atoms with Crippen LogP contribution >= 0.6 is 11.3 Å². The summed E-state index contributed by atoms with van der Waals surface area (Å²) in [5, 5.41) is 5.22. The number of carbonyl (C=O) groups is 2. The average molecular weight is 514 g/mol.